The highest BCUT2D eigenvalue weighted by atomic mass is 16.2. The molecule has 2 saturated carbocycles. The number of hydrogen-bond acceptors (Lipinski definition) is 2. The standard InChI is InChI=1S/C20H22N2O/c23-20(17-12-6-7-13-21-17)22-19-16-11-5-4-10-15(16)18(19)14-8-2-1-3-9-14/h1-3,6-9,12-13,15-16,18-19H,4-5,10-11H2,(H,22,23)/t15-,16+,18-,19-/m0/s1. The molecule has 0 saturated heterocycles. The van der Waals surface area contributed by atoms with Gasteiger partial charge in [-0.05, 0) is 42.4 Å². The van der Waals surface area contributed by atoms with E-state index in [0.717, 1.165) is 5.92 Å². The highest BCUT2D eigenvalue weighted by molar-refractivity contribution is 5.92. The maximum atomic E-state index is 12.5. The summed E-state index contributed by atoms with van der Waals surface area (Å²) in [4.78, 5) is 16.7. The number of aromatic nitrogens is 1. The third-order valence-corrected chi connectivity index (χ3v) is 5.56. The van der Waals surface area contributed by atoms with E-state index in [0.29, 0.717) is 17.5 Å². The monoisotopic (exact) mass is 306 g/mol. The summed E-state index contributed by atoms with van der Waals surface area (Å²) in [5.74, 6) is 1.76. The average molecular weight is 306 g/mol. The first-order valence-electron chi connectivity index (χ1n) is 8.61. The van der Waals surface area contributed by atoms with Crippen LogP contribution in [0.15, 0.2) is 54.7 Å². The van der Waals surface area contributed by atoms with Gasteiger partial charge in [0.05, 0.1) is 0 Å². The van der Waals surface area contributed by atoms with Crippen LogP contribution in [0.3, 0.4) is 0 Å². The molecule has 3 nitrogen and oxygen atoms in total. The second-order valence-electron chi connectivity index (χ2n) is 6.76. The molecule has 1 aromatic heterocycles. The van der Waals surface area contributed by atoms with Crippen molar-refractivity contribution in [1.29, 1.82) is 0 Å². The molecule has 0 bridgehead atoms. The van der Waals surface area contributed by atoms with Crippen LogP contribution in [0.2, 0.25) is 0 Å². The Morgan fingerprint density at radius 1 is 0.957 bits per heavy atom. The summed E-state index contributed by atoms with van der Waals surface area (Å²) < 4.78 is 0. The van der Waals surface area contributed by atoms with E-state index in [1.165, 1.54) is 31.2 Å². The predicted molar refractivity (Wildman–Crippen MR) is 90.1 cm³/mol. The van der Waals surface area contributed by atoms with Crippen molar-refractivity contribution in [2.75, 3.05) is 0 Å². The van der Waals surface area contributed by atoms with Gasteiger partial charge >= 0.3 is 0 Å². The van der Waals surface area contributed by atoms with Gasteiger partial charge in [-0.2, -0.15) is 0 Å². The Balaban J connectivity index is 1.56. The molecular weight excluding hydrogens is 284 g/mol. The number of carbonyl (C=O) groups is 1. The molecule has 0 radical (unpaired) electrons. The number of benzene rings is 1. The summed E-state index contributed by atoms with van der Waals surface area (Å²) in [5, 5.41) is 3.28. The molecule has 2 aliphatic carbocycles. The molecule has 2 fully saturated rings. The number of nitrogens with zero attached hydrogens (tertiary/aromatic N) is 1. The van der Waals surface area contributed by atoms with Crippen molar-refractivity contribution >= 4 is 5.91 Å². The number of pyridine rings is 1. The largest absolute Gasteiger partial charge is 0.347 e. The van der Waals surface area contributed by atoms with Crippen molar-refractivity contribution in [3.63, 3.8) is 0 Å². The first-order chi connectivity index (χ1) is 11.3. The van der Waals surface area contributed by atoms with Crippen LogP contribution in [0.1, 0.15) is 47.7 Å². The third kappa shape index (κ3) is 2.65. The molecule has 118 valence electrons. The Morgan fingerprint density at radius 2 is 1.70 bits per heavy atom. The molecular formula is C20H22N2O. The second-order valence-corrected chi connectivity index (χ2v) is 6.76. The SMILES string of the molecule is O=C(N[C@H]1[C@@H]2CCCC[C@@H]2[C@@H]1c1ccccc1)c1ccccn1. The van der Waals surface area contributed by atoms with Gasteiger partial charge < -0.3 is 5.32 Å². The normalized spacial score (nSPS) is 29.2. The maximum Gasteiger partial charge on any atom is 0.270 e. The minimum Gasteiger partial charge on any atom is -0.347 e. The Morgan fingerprint density at radius 3 is 2.43 bits per heavy atom. The van der Waals surface area contributed by atoms with Crippen molar-refractivity contribution < 1.29 is 4.79 Å². The zero-order valence-electron chi connectivity index (χ0n) is 13.2. The Hall–Kier alpha value is -2.16. The molecule has 2 aromatic rings. The third-order valence-electron chi connectivity index (χ3n) is 5.56. The van der Waals surface area contributed by atoms with Gasteiger partial charge in [0.15, 0.2) is 0 Å². The molecule has 3 heteroatoms. The number of fused-ring (bicyclic) bond motifs is 1. The van der Waals surface area contributed by atoms with E-state index >= 15 is 0 Å². The molecule has 1 amide bonds. The molecule has 0 unspecified atom stereocenters. The summed E-state index contributed by atoms with van der Waals surface area (Å²) in [6, 6.07) is 16.4. The van der Waals surface area contributed by atoms with Crippen molar-refractivity contribution in [2.24, 2.45) is 11.8 Å². The van der Waals surface area contributed by atoms with E-state index in [1.807, 2.05) is 12.1 Å². The van der Waals surface area contributed by atoms with Crippen LogP contribution in [-0.4, -0.2) is 16.9 Å². The summed E-state index contributed by atoms with van der Waals surface area (Å²) >= 11 is 0. The van der Waals surface area contributed by atoms with Crippen LogP contribution >= 0.6 is 0 Å². The quantitative estimate of drug-likeness (QED) is 0.937. The van der Waals surface area contributed by atoms with Crippen LogP contribution in [-0.2, 0) is 0 Å². The van der Waals surface area contributed by atoms with Crippen LogP contribution < -0.4 is 5.32 Å². The highest BCUT2D eigenvalue weighted by Gasteiger charge is 2.51. The number of nitrogens with one attached hydrogen (secondary N) is 1. The number of rotatable bonds is 3. The molecule has 0 aliphatic heterocycles. The fourth-order valence-electron chi connectivity index (χ4n) is 4.52. The van der Waals surface area contributed by atoms with Crippen molar-refractivity contribution in [3.05, 3.63) is 66.0 Å². The van der Waals surface area contributed by atoms with E-state index in [2.05, 4.69) is 40.6 Å². The Kier molecular flexibility index (Phi) is 3.86. The van der Waals surface area contributed by atoms with Gasteiger partial charge in [0.25, 0.3) is 5.91 Å². The molecule has 1 N–H and O–H groups in total. The van der Waals surface area contributed by atoms with Crippen LogP contribution in [0, 0.1) is 11.8 Å². The number of carbonyl (C=O) groups excluding carboxylic acids is 1. The van der Waals surface area contributed by atoms with Gasteiger partial charge in [0.1, 0.15) is 5.69 Å². The first-order valence-corrected chi connectivity index (χ1v) is 8.61. The molecule has 0 spiro atoms. The molecule has 4 atom stereocenters. The van der Waals surface area contributed by atoms with E-state index in [-0.39, 0.29) is 11.9 Å². The van der Waals surface area contributed by atoms with E-state index in [1.54, 1.807) is 12.3 Å². The predicted octanol–water partition coefficient (Wildman–Crippen LogP) is 3.78. The van der Waals surface area contributed by atoms with Crippen LogP contribution in [0.4, 0.5) is 0 Å². The fourth-order valence-corrected chi connectivity index (χ4v) is 4.52. The van der Waals surface area contributed by atoms with Gasteiger partial charge in [-0.3, -0.25) is 9.78 Å². The second kappa shape index (κ2) is 6.15. The molecule has 4 rings (SSSR count). The molecule has 1 aromatic carbocycles. The van der Waals surface area contributed by atoms with Gasteiger partial charge in [-0.15, -0.1) is 0 Å². The summed E-state index contributed by atoms with van der Waals surface area (Å²) in [7, 11) is 0. The summed E-state index contributed by atoms with van der Waals surface area (Å²) in [6.07, 6.45) is 6.82. The topological polar surface area (TPSA) is 42.0 Å². The van der Waals surface area contributed by atoms with Crippen molar-refractivity contribution in [1.82, 2.24) is 10.3 Å². The van der Waals surface area contributed by atoms with Crippen molar-refractivity contribution in [2.45, 2.75) is 37.6 Å². The van der Waals surface area contributed by atoms with E-state index < -0.39 is 0 Å². The van der Waals surface area contributed by atoms with Crippen LogP contribution in [0.5, 0.6) is 0 Å². The lowest BCUT2D eigenvalue weighted by Gasteiger charge is -2.55. The molecule has 2 aliphatic rings. The van der Waals surface area contributed by atoms with Crippen molar-refractivity contribution in [3.8, 4) is 0 Å². The highest BCUT2D eigenvalue weighted by Crippen LogP contribution is 2.54. The Bertz CT molecular complexity index is 671. The van der Waals surface area contributed by atoms with Gasteiger partial charge in [0.2, 0.25) is 0 Å². The number of amides is 1. The first kappa shape index (κ1) is 14.4. The minimum atomic E-state index is -0.0412. The van der Waals surface area contributed by atoms with Gasteiger partial charge in [0, 0.05) is 18.2 Å². The average Bonchev–Trinajstić information content (AvgIpc) is 2.61. The molecule has 1 heterocycles. The number of hydrogen-bond donors (Lipinski definition) is 1. The minimum absolute atomic E-state index is 0.0412. The lowest BCUT2D eigenvalue weighted by atomic mass is 9.53. The molecule has 23 heavy (non-hydrogen) atoms. The summed E-state index contributed by atoms with van der Waals surface area (Å²) in [6.45, 7) is 0. The van der Waals surface area contributed by atoms with Crippen LogP contribution in [0.25, 0.3) is 0 Å². The van der Waals surface area contributed by atoms with Gasteiger partial charge in [-0.1, -0.05) is 49.2 Å². The fraction of sp³-hybridized carbons (Fsp3) is 0.400. The zero-order valence-corrected chi connectivity index (χ0v) is 13.2. The van der Waals surface area contributed by atoms with E-state index in [9.17, 15) is 4.79 Å². The lowest BCUT2D eigenvalue weighted by Crippen LogP contribution is -2.59. The lowest BCUT2D eigenvalue weighted by molar-refractivity contribution is 0.0250. The van der Waals surface area contributed by atoms with E-state index in [4.69, 9.17) is 0 Å². The Labute approximate surface area is 137 Å². The smallest absolute Gasteiger partial charge is 0.270 e. The van der Waals surface area contributed by atoms with Gasteiger partial charge in [-0.25, -0.2) is 0 Å². The maximum absolute atomic E-state index is 12.5. The summed E-state index contributed by atoms with van der Waals surface area (Å²) in [5.41, 5.74) is 1.88. The zero-order chi connectivity index (χ0) is 15.6.